The summed E-state index contributed by atoms with van der Waals surface area (Å²) in [6.07, 6.45) is 3.33. The van der Waals surface area contributed by atoms with Gasteiger partial charge < -0.3 is 15.4 Å². The number of benzene rings is 2. The summed E-state index contributed by atoms with van der Waals surface area (Å²) < 4.78 is 5.53. The van der Waals surface area contributed by atoms with Crippen molar-refractivity contribution in [2.75, 3.05) is 18.5 Å². The minimum absolute atomic E-state index is 0.0850. The highest BCUT2D eigenvalue weighted by Gasteiger charge is 2.18. The number of rotatable bonds is 7. The third-order valence-corrected chi connectivity index (χ3v) is 4.76. The van der Waals surface area contributed by atoms with Crippen LogP contribution in [0, 0.1) is 0 Å². The van der Waals surface area contributed by atoms with Crippen molar-refractivity contribution in [1.82, 2.24) is 5.32 Å². The van der Waals surface area contributed by atoms with Crippen LogP contribution in [0.2, 0.25) is 0 Å². The molecule has 5 heteroatoms. The number of hydrogen-bond acceptors (Lipinski definition) is 3. The fourth-order valence-electron chi connectivity index (χ4n) is 3.17. The van der Waals surface area contributed by atoms with Crippen LogP contribution in [0.5, 0.6) is 0 Å². The number of ether oxygens (including phenoxy) is 1. The SMILES string of the molecule is CCc1ccc(CC(=O)Nc2ccccc2C(=O)NCC2CCCO2)cc1. The lowest BCUT2D eigenvalue weighted by Gasteiger charge is -2.14. The quantitative estimate of drug-likeness (QED) is 0.790. The number of para-hydroxylation sites is 1. The Morgan fingerprint density at radius 1 is 1.07 bits per heavy atom. The predicted octanol–water partition coefficient (Wildman–Crippen LogP) is 3.34. The molecule has 0 spiro atoms. The summed E-state index contributed by atoms with van der Waals surface area (Å²) in [6, 6.07) is 15.1. The monoisotopic (exact) mass is 366 g/mol. The van der Waals surface area contributed by atoms with Crippen LogP contribution in [0.4, 0.5) is 5.69 Å². The highest BCUT2D eigenvalue weighted by molar-refractivity contribution is 6.04. The minimum atomic E-state index is -0.200. The fraction of sp³-hybridized carbons (Fsp3) is 0.364. The largest absolute Gasteiger partial charge is 0.376 e. The highest BCUT2D eigenvalue weighted by atomic mass is 16.5. The van der Waals surface area contributed by atoms with Crippen molar-refractivity contribution in [3.05, 3.63) is 65.2 Å². The maximum Gasteiger partial charge on any atom is 0.253 e. The number of carbonyl (C=O) groups is 2. The molecule has 2 aromatic rings. The van der Waals surface area contributed by atoms with E-state index in [1.165, 1.54) is 5.56 Å². The van der Waals surface area contributed by atoms with Crippen molar-refractivity contribution in [2.24, 2.45) is 0 Å². The zero-order chi connectivity index (χ0) is 19.1. The molecule has 2 N–H and O–H groups in total. The molecule has 0 aliphatic carbocycles. The molecule has 3 rings (SSSR count). The summed E-state index contributed by atoms with van der Waals surface area (Å²) in [6.45, 7) is 3.35. The first-order chi connectivity index (χ1) is 13.2. The Morgan fingerprint density at radius 2 is 1.81 bits per heavy atom. The van der Waals surface area contributed by atoms with Crippen molar-refractivity contribution >= 4 is 17.5 Å². The van der Waals surface area contributed by atoms with Gasteiger partial charge in [0, 0.05) is 13.2 Å². The van der Waals surface area contributed by atoms with Crippen LogP contribution in [-0.4, -0.2) is 31.1 Å². The van der Waals surface area contributed by atoms with Crippen molar-refractivity contribution in [1.29, 1.82) is 0 Å². The van der Waals surface area contributed by atoms with E-state index >= 15 is 0 Å². The van der Waals surface area contributed by atoms with Gasteiger partial charge in [0.2, 0.25) is 5.91 Å². The maximum absolute atomic E-state index is 12.5. The van der Waals surface area contributed by atoms with E-state index in [1.54, 1.807) is 18.2 Å². The van der Waals surface area contributed by atoms with Gasteiger partial charge in [-0.05, 0) is 42.5 Å². The number of anilines is 1. The standard InChI is InChI=1S/C22H26N2O3/c1-2-16-9-11-17(12-10-16)14-21(25)24-20-8-4-3-7-19(20)22(26)23-15-18-6-5-13-27-18/h3-4,7-12,18H,2,5-6,13-15H2,1H3,(H,23,26)(H,24,25). The topological polar surface area (TPSA) is 67.4 Å². The first-order valence-corrected chi connectivity index (χ1v) is 9.52. The fourth-order valence-corrected chi connectivity index (χ4v) is 3.17. The smallest absolute Gasteiger partial charge is 0.253 e. The third kappa shape index (κ3) is 5.41. The molecule has 0 bridgehead atoms. The predicted molar refractivity (Wildman–Crippen MR) is 106 cm³/mol. The molecule has 142 valence electrons. The Bertz CT molecular complexity index is 780. The van der Waals surface area contributed by atoms with E-state index in [0.717, 1.165) is 31.4 Å². The molecular weight excluding hydrogens is 340 g/mol. The number of nitrogens with one attached hydrogen (secondary N) is 2. The van der Waals surface area contributed by atoms with Gasteiger partial charge in [-0.2, -0.15) is 0 Å². The van der Waals surface area contributed by atoms with Gasteiger partial charge in [-0.15, -0.1) is 0 Å². The first kappa shape index (κ1) is 19.1. The van der Waals surface area contributed by atoms with E-state index in [0.29, 0.717) is 17.8 Å². The normalized spacial score (nSPS) is 16.1. The third-order valence-electron chi connectivity index (χ3n) is 4.76. The number of carbonyl (C=O) groups excluding carboxylic acids is 2. The number of hydrogen-bond donors (Lipinski definition) is 2. The van der Waals surface area contributed by atoms with E-state index in [-0.39, 0.29) is 24.3 Å². The van der Waals surface area contributed by atoms with Gasteiger partial charge in [-0.25, -0.2) is 0 Å². The van der Waals surface area contributed by atoms with Gasteiger partial charge in [-0.1, -0.05) is 43.3 Å². The van der Waals surface area contributed by atoms with E-state index < -0.39 is 0 Å². The Balaban J connectivity index is 1.60. The van der Waals surface area contributed by atoms with Gasteiger partial charge in [0.15, 0.2) is 0 Å². The van der Waals surface area contributed by atoms with Crippen LogP contribution in [0.25, 0.3) is 0 Å². The lowest BCUT2D eigenvalue weighted by atomic mass is 10.1. The van der Waals surface area contributed by atoms with Gasteiger partial charge in [-0.3, -0.25) is 9.59 Å². The summed E-state index contributed by atoms with van der Waals surface area (Å²) in [4.78, 5) is 24.9. The molecule has 2 amide bonds. The summed E-state index contributed by atoms with van der Waals surface area (Å²) >= 11 is 0. The molecule has 1 fully saturated rings. The lowest BCUT2D eigenvalue weighted by molar-refractivity contribution is -0.115. The van der Waals surface area contributed by atoms with Crippen molar-refractivity contribution in [3.8, 4) is 0 Å². The first-order valence-electron chi connectivity index (χ1n) is 9.52. The molecule has 1 saturated heterocycles. The van der Waals surface area contributed by atoms with Crippen molar-refractivity contribution in [2.45, 2.75) is 38.7 Å². The summed E-state index contributed by atoms with van der Waals surface area (Å²) in [5, 5.41) is 5.77. The second-order valence-electron chi connectivity index (χ2n) is 6.79. The van der Waals surface area contributed by atoms with Crippen LogP contribution in [-0.2, 0) is 22.4 Å². The van der Waals surface area contributed by atoms with E-state index in [9.17, 15) is 9.59 Å². The molecule has 1 unspecified atom stereocenters. The van der Waals surface area contributed by atoms with E-state index in [2.05, 4.69) is 17.6 Å². The lowest BCUT2D eigenvalue weighted by Crippen LogP contribution is -2.32. The molecule has 0 aromatic heterocycles. The molecule has 5 nitrogen and oxygen atoms in total. The molecule has 1 aliphatic heterocycles. The number of aryl methyl sites for hydroxylation is 1. The summed E-state index contributed by atoms with van der Waals surface area (Å²) in [7, 11) is 0. The second kappa shape index (κ2) is 9.33. The van der Waals surface area contributed by atoms with Crippen LogP contribution in [0.15, 0.2) is 48.5 Å². The summed E-state index contributed by atoms with van der Waals surface area (Å²) in [5.74, 6) is -0.340. The highest BCUT2D eigenvalue weighted by Crippen LogP contribution is 2.17. The summed E-state index contributed by atoms with van der Waals surface area (Å²) in [5.41, 5.74) is 3.18. The maximum atomic E-state index is 12.5. The molecule has 0 saturated carbocycles. The Labute approximate surface area is 160 Å². The van der Waals surface area contributed by atoms with Crippen LogP contribution >= 0.6 is 0 Å². The molecule has 27 heavy (non-hydrogen) atoms. The zero-order valence-corrected chi connectivity index (χ0v) is 15.7. The average Bonchev–Trinajstić information content (AvgIpc) is 3.21. The number of amides is 2. The molecular formula is C22H26N2O3. The van der Waals surface area contributed by atoms with E-state index in [1.807, 2.05) is 30.3 Å². The molecule has 1 aliphatic rings. The molecule has 1 heterocycles. The van der Waals surface area contributed by atoms with Gasteiger partial charge in [0.1, 0.15) is 0 Å². The van der Waals surface area contributed by atoms with E-state index in [4.69, 9.17) is 4.74 Å². The van der Waals surface area contributed by atoms with Gasteiger partial charge in [0.05, 0.1) is 23.8 Å². The van der Waals surface area contributed by atoms with Crippen LogP contribution in [0.1, 0.15) is 41.3 Å². The van der Waals surface area contributed by atoms with Crippen LogP contribution in [0.3, 0.4) is 0 Å². The molecule has 2 aromatic carbocycles. The Morgan fingerprint density at radius 3 is 2.52 bits per heavy atom. The average molecular weight is 366 g/mol. The Kier molecular flexibility index (Phi) is 6.60. The minimum Gasteiger partial charge on any atom is -0.376 e. The van der Waals surface area contributed by atoms with Gasteiger partial charge >= 0.3 is 0 Å². The zero-order valence-electron chi connectivity index (χ0n) is 15.7. The Hall–Kier alpha value is -2.66. The van der Waals surface area contributed by atoms with Gasteiger partial charge in [0.25, 0.3) is 5.91 Å². The molecule has 1 atom stereocenters. The molecule has 0 radical (unpaired) electrons. The van der Waals surface area contributed by atoms with Crippen molar-refractivity contribution in [3.63, 3.8) is 0 Å². The van der Waals surface area contributed by atoms with Crippen molar-refractivity contribution < 1.29 is 14.3 Å². The second-order valence-corrected chi connectivity index (χ2v) is 6.79. The van der Waals surface area contributed by atoms with Crippen LogP contribution < -0.4 is 10.6 Å².